The van der Waals surface area contributed by atoms with Crippen molar-refractivity contribution in [2.24, 2.45) is 0 Å². The summed E-state index contributed by atoms with van der Waals surface area (Å²) in [4.78, 5) is 0. The summed E-state index contributed by atoms with van der Waals surface area (Å²) in [7, 11) is 0. The molecular weight excluding hydrogens is 214 g/mol. The topological polar surface area (TPSA) is 0 Å². The average Bonchev–Trinajstić information content (AvgIpc) is 1.97. The monoisotopic (exact) mass is 220 g/mol. The zero-order chi connectivity index (χ0) is 8.59. The number of benzene rings is 1. The molecule has 1 aromatic carbocycles. The summed E-state index contributed by atoms with van der Waals surface area (Å²) in [5.41, 5.74) is 0.521. The van der Waals surface area contributed by atoms with E-state index in [0.717, 1.165) is 0 Å². The summed E-state index contributed by atoms with van der Waals surface area (Å²) in [5.74, 6) is -0.987. The maximum atomic E-state index is 12.9. The van der Waals surface area contributed by atoms with E-state index in [4.69, 9.17) is 0 Å². The first-order chi connectivity index (χ1) is 5.04. The smallest absolute Gasteiger partial charge is 0.143 e. The fraction of sp³-hybridized carbons (Fsp3) is 0.250. The second-order valence-corrected chi connectivity index (χ2v) is 3.28. The van der Waals surface area contributed by atoms with Crippen LogP contribution in [-0.2, 0) is 0 Å². The first-order valence-electron chi connectivity index (χ1n) is 3.14. The predicted molar refractivity (Wildman–Crippen MR) is 43.5 cm³/mol. The molecular formula is C8H7BrF2. The van der Waals surface area contributed by atoms with E-state index in [9.17, 15) is 8.78 Å². The third kappa shape index (κ3) is 1.43. The molecule has 0 nitrogen and oxygen atoms in total. The molecule has 0 bridgehead atoms. The molecule has 0 aliphatic rings. The average molecular weight is 221 g/mol. The number of rotatable bonds is 0. The minimum absolute atomic E-state index is 0.0666. The second-order valence-electron chi connectivity index (χ2n) is 2.43. The number of hydrogen-bond donors (Lipinski definition) is 0. The molecule has 0 unspecified atom stereocenters. The van der Waals surface area contributed by atoms with Gasteiger partial charge in [-0.2, -0.15) is 0 Å². The second kappa shape index (κ2) is 2.89. The third-order valence-corrected chi connectivity index (χ3v) is 2.13. The lowest BCUT2D eigenvalue weighted by Crippen LogP contribution is -1.93. The van der Waals surface area contributed by atoms with Crippen molar-refractivity contribution in [3.63, 3.8) is 0 Å². The first-order valence-corrected chi connectivity index (χ1v) is 3.94. The van der Waals surface area contributed by atoms with Crippen LogP contribution in [0, 0.1) is 25.5 Å². The zero-order valence-electron chi connectivity index (χ0n) is 6.21. The quantitative estimate of drug-likeness (QED) is 0.589. The molecule has 0 radical (unpaired) electrons. The van der Waals surface area contributed by atoms with Gasteiger partial charge in [-0.3, -0.25) is 0 Å². The van der Waals surface area contributed by atoms with Gasteiger partial charge in [-0.15, -0.1) is 0 Å². The number of halogens is 3. The number of hydrogen-bond acceptors (Lipinski definition) is 0. The Balaban J connectivity index is 3.46. The van der Waals surface area contributed by atoms with Crippen LogP contribution in [0.4, 0.5) is 8.78 Å². The number of aryl methyl sites for hydroxylation is 1. The Hall–Kier alpha value is -0.440. The molecule has 0 amide bonds. The molecule has 0 atom stereocenters. The highest BCUT2D eigenvalue weighted by Crippen LogP contribution is 2.23. The van der Waals surface area contributed by atoms with E-state index in [2.05, 4.69) is 15.9 Å². The summed E-state index contributed by atoms with van der Waals surface area (Å²) in [6, 6.07) is 1.43. The van der Waals surface area contributed by atoms with Gasteiger partial charge in [0.2, 0.25) is 0 Å². The highest BCUT2D eigenvalue weighted by Gasteiger charge is 2.10. The van der Waals surface area contributed by atoms with Crippen LogP contribution in [0.1, 0.15) is 11.1 Å². The Morgan fingerprint density at radius 2 is 1.73 bits per heavy atom. The van der Waals surface area contributed by atoms with E-state index < -0.39 is 11.6 Å². The van der Waals surface area contributed by atoms with Crippen LogP contribution in [0.2, 0.25) is 0 Å². The van der Waals surface area contributed by atoms with Crippen LogP contribution in [0.5, 0.6) is 0 Å². The Kier molecular flexibility index (Phi) is 2.28. The normalized spacial score (nSPS) is 10.3. The highest BCUT2D eigenvalue weighted by molar-refractivity contribution is 9.10. The highest BCUT2D eigenvalue weighted by atomic mass is 79.9. The minimum Gasteiger partial charge on any atom is -0.206 e. The van der Waals surface area contributed by atoms with E-state index in [0.29, 0.717) is 10.0 Å². The van der Waals surface area contributed by atoms with Crippen molar-refractivity contribution in [1.29, 1.82) is 0 Å². The van der Waals surface area contributed by atoms with Gasteiger partial charge in [0.25, 0.3) is 0 Å². The molecule has 11 heavy (non-hydrogen) atoms. The van der Waals surface area contributed by atoms with Gasteiger partial charge in [0.1, 0.15) is 11.6 Å². The van der Waals surface area contributed by atoms with Gasteiger partial charge in [0.15, 0.2) is 0 Å². The molecule has 0 saturated carbocycles. The van der Waals surface area contributed by atoms with Gasteiger partial charge in [0, 0.05) is 5.56 Å². The molecule has 0 spiro atoms. The van der Waals surface area contributed by atoms with Gasteiger partial charge < -0.3 is 0 Å². The molecule has 0 aliphatic carbocycles. The standard InChI is InChI=1S/C8H7BrF2/c1-4-3-6(9)8(11)5(2)7(4)10/h3H,1-2H3. The van der Waals surface area contributed by atoms with Crippen molar-refractivity contribution >= 4 is 15.9 Å². The van der Waals surface area contributed by atoms with Crippen LogP contribution in [0.15, 0.2) is 10.5 Å². The molecule has 0 aliphatic heterocycles. The van der Waals surface area contributed by atoms with E-state index in [1.54, 1.807) is 6.92 Å². The fourth-order valence-corrected chi connectivity index (χ4v) is 1.53. The van der Waals surface area contributed by atoms with Crippen molar-refractivity contribution in [3.8, 4) is 0 Å². The van der Waals surface area contributed by atoms with Crippen LogP contribution < -0.4 is 0 Å². The van der Waals surface area contributed by atoms with Crippen LogP contribution in [0.25, 0.3) is 0 Å². The fourth-order valence-electron chi connectivity index (χ4n) is 0.888. The summed E-state index contributed by atoms with van der Waals surface area (Å²) >= 11 is 2.99. The molecule has 0 fully saturated rings. The van der Waals surface area contributed by atoms with Crippen molar-refractivity contribution in [2.45, 2.75) is 13.8 Å². The van der Waals surface area contributed by atoms with E-state index in [1.807, 2.05) is 0 Å². The lowest BCUT2D eigenvalue weighted by atomic mass is 10.1. The molecule has 0 heterocycles. The van der Waals surface area contributed by atoms with Crippen molar-refractivity contribution in [2.75, 3.05) is 0 Å². The summed E-state index contributed by atoms with van der Waals surface area (Å²) < 4.78 is 26.1. The Bertz CT molecular complexity index is 268. The lowest BCUT2D eigenvalue weighted by Gasteiger charge is -2.03. The van der Waals surface area contributed by atoms with Crippen molar-refractivity contribution in [3.05, 3.63) is 33.3 Å². The molecule has 0 N–H and O–H groups in total. The molecule has 0 saturated heterocycles. The van der Waals surface area contributed by atoms with Gasteiger partial charge in [0.05, 0.1) is 4.47 Å². The van der Waals surface area contributed by atoms with Gasteiger partial charge in [-0.05, 0) is 41.4 Å². The Morgan fingerprint density at radius 3 is 2.27 bits per heavy atom. The maximum absolute atomic E-state index is 12.9. The molecule has 1 rings (SSSR count). The maximum Gasteiger partial charge on any atom is 0.143 e. The van der Waals surface area contributed by atoms with Gasteiger partial charge in [-0.25, -0.2) is 8.78 Å². The van der Waals surface area contributed by atoms with Crippen LogP contribution in [-0.4, -0.2) is 0 Å². The van der Waals surface area contributed by atoms with Gasteiger partial charge in [-0.1, -0.05) is 0 Å². The van der Waals surface area contributed by atoms with E-state index in [1.165, 1.54) is 13.0 Å². The molecule has 3 heteroatoms. The third-order valence-electron chi connectivity index (χ3n) is 1.56. The molecule has 0 aromatic heterocycles. The molecule has 1 aromatic rings. The van der Waals surface area contributed by atoms with Crippen molar-refractivity contribution in [1.82, 2.24) is 0 Å². The SMILES string of the molecule is Cc1cc(Br)c(F)c(C)c1F. The van der Waals surface area contributed by atoms with Gasteiger partial charge >= 0.3 is 0 Å². The first kappa shape index (κ1) is 8.65. The Morgan fingerprint density at radius 1 is 1.18 bits per heavy atom. The summed E-state index contributed by atoms with van der Waals surface area (Å²) in [5, 5.41) is 0. The van der Waals surface area contributed by atoms with E-state index in [-0.39, 0.29) is 5.56 Å². The Labute approximate surface area is 72.4 Å². The van der Waals surface area contributed by atoms with E-state index >= 15 is 0 Å². The predicted octanol–water partition coefficient (Wildman–Crippen LogP) is 3.34. The van der Waals surface area contributed by atoms with Crippen LogP contribution >= 0.6 is 15.9 Å². The summed E-state index contributed by atoms with van der Waals surface area (Å²) in [6.45, 7) is 3.02. The minimum atomic E-state index is -0.520. The summed E-state index contributed by atoms with van der Waals surface area (Å²) in [6.07, 6.45) is 0. The van der Waals surface area contributed by atoms with Crippen molar-refractivity contribution < 1.29 is 8.78 Å². The zero-order valence-corrected chi connectivity index (χ0v) is 7.80. The lowest BCUT2D eigenvalue weighted by molar-refractivity contribution is 0.558. The van der Waals surface area contributed by atoms with Crippen LogP contribution in [0.3, 0.4) is 0 Å². The largest absolute Gasteiger partial charge is 0.206 e. The molecule has 60 valence electrons.